The van der Waals surface area contributed by atoms with Gasteiger partial charge >= 0.3 is 0 Å². The standard InChI is InChI=1S/C19H12Br2N2/c20-16-9-15(10-17(21)11-16)13-4-6-14(7-5-13)18-12-23-8-2-1-3-19(23)22-18/h1-12H. The minimum absolute atomic E-state index is 0.961. The molecule has 0 aliphatic heterocycles. The van der Waals surface area contributed by atoms with Gasteiger partial charge in [-0.2, -0.15) is 0 Å². The highest BCUT2D eigenvalue weighted by Gasteiger charge is 2.05. The van der Waals surface area contributed by atoms with Gasteiger partial charge in [0.05, 0.1) is 5.69 Å². The summed E-state index contributed by atoms with van der Waals surface area (Å²) in [5, 5.41) is 0. The lowest BCUT2D eigenvalue weighted by Gasteiger charge is -2.05. The zero-order valence-electron chi connectivity index (χ0n) is 12.1. The lowest BCUT2D eigenvalue weighted by molar-refractivity contribution is 1.19. The first-order valence-corrected chi connectivity index (χ1v) is 8.78. The van der Waals surface area contributed by atoms with Gasteiger partial charge in [0, 0.05) is 26.9 Å². The van der Waals surface area contributed by atoms with Crippen LogP contribution in [0.4, 0.5) is 0 Å². The molecule has 2 aromatic carbocycles. The van der Waals surface area contributed by atoms with Crippen LogP contribution in [0.25, 0.3) is 28.0 Å². The smallest absolute Gasteiger partial charge is 0.137 e. The third-order valence-electron chi connectivity index (χ3n) is 3.74. The molecule has 0 unspecified atom stereocenters. The molecule has 2 aromatic heterocycles. The van der Waals surface area contributed by atoms with Crippen LogP contribution in [-0.4, -0.2) is 9.38 Å². The molecule has 112 valence electrons. The lowest BCUT2D eigenvalue weighted by atomic mass is 10.0. The van der Waals surface area contributed by atoms with Crippen molar-refractivity contribution < 1.29 is 0 Å². The number of pyridine rings is 1. The largest absolute Gasteiger partial charge is 0.306 e. The Morgan fingerprint density at radius 3 is 2.13 bits per heavy atom. The van der Waals surface area contributed by atoms with E-state index < -0.39 is 0 Å². The zero-order chi connectivity index (χ0) is 15.8. The van der Waals surface area contributed by atoms with Gasteiger partial charge in [-0.1, -0.05) is 62.2 Å². The Kier molecular flexibility index (Phi) is 3.79. The van der Waals surface area contributed by atoms with E-state index in [1.54, 1.807) is 0 Å². The molecule has 0 atom stereocenters. The van der Waals surface area contributed by atoms with Crippen molar-refractivity contribution in [2.45, 2.75) is 0 Å². The van der Waals surface area contributed by atoms with Crippen molar-refractivity contribution in [2.75, 3.05) is 0 Å². The molecule has 2 heterocycles. The van der Waals surface area contributed by atoms with Crippen LogP contribution in [0.2, 0.25) is 0 Å². The first kappa shape index (κ1) is 14.7. The summed E-state index contributed by atoms with van der Waals surface area (Å²) in [5.74, 6) is 0. The minimum Gasteiger partial charge on any atom is -0.306 e. The summed E-state index contributed by atoms with van der Waals surface area (Å²) in [4.78, 5) is 4.66. The number of nitrogens with zero attached hydrogens (tertiary/aromatic N) is 2. The van der Waals surface area contributed by atoms with E-state index in [0.717, 1.165) is 25.8 Å². The van der Waals surface area contributed by atoms with E-state index in [0.29, 0.717) is 0 Å². The monoisotopic (exact) mass is 426 g/mol. The van der Waals surface area contributed by atoms with Crippen LogP contribution in [0, 0.1) is 0 Å². The molecule has 0 aliphatic rings. The Labute approximate surface area is 151 Å². The van der Waals surface area contributed by atoms with Crippen LogP contribution in [0.15, 0.2) is 82.0 Å². The van der Waals surface area contributed by atoms with Crippen LogP contribution in [0.1, 0.15) is 0 Å². The number of halogens is 2. The molecule has 4 heteroatoms. The molecular formula is C19H12Br2N2. The third-order valence-corrected chi connectivity index (χ3v) is 4.66. The molecule has 0 aliphatic carbocycles. The fraction of sp³-hybridized carbons (Fsp3) is 0. The van der Waals surface area contributed by atoms with Crippen LogP contribution in [0.5, 0.6) is 0 Å². The Hall–Kier alpha value is -1.91. The first-order valence-electron chi connectivity index (χ1n) is 7.20. The molecule has 0 radical (unpaired) electrons. The van der Waals surface area contributed by atoms with Crippen LogP contribution in [0.3, 0.4) is 0 Å². The third kappa shape index (κ3) is 2.96. The van der Waals surface area contributed by atoms with Gasteiger partial charge in [0.25, 0.3) is 0 Å². The summed E-state index contributed by atoms with van der Waals surface area (Å²) >= 11 is 7.08. The minimum atomic E-state index is 0.961. The number of benzene rings is 2. The maximum Gasteiger partial charge on any atom is 0.137 e. The van der Waals surface area contributed by atoms with Crippen LogP contribution in [-0.2, 0) is 0 Å². The van der Waals surface area contributed by atoms with Crippen LogP contribution >= 0.6 is 31.9 Å². The fourth-order valence-electron chi connectivity index (χ4n) is 2.63. The summed E-state index contributed by atoms with van der Waals surface area (Å²) < 4.78 is 4.16. The van der Waals surface area contributed by atoms with E-state index in [9.17, 15) is 0 Å². The molecule has 4 aromatic rings. The van der Waals surface area contributed by atoms with Gasteiger partial charge in [0.1, 0.15) is 5.65 Å². The predicted molar refractivity (Wildman–Crippen MR) is 101 cm³/mol. The second-order valence-corrected chi connectivity index (χ2v) is 7.16. The van der Waals surface area contributed by atoms with Gasteiger partial charge in [-0.05, 0) is 41.5 Å². The Morgan fingerprint density at radius 1 is 0.739 bits per heavy atom. The number of rotatable bonds is 2. The molecule has 2 nitrogen and oxygen atoms in total. The molecule has 0 spiro atoms. The van der Waals surface area contributed by atoms with Crippen molar-refractivity contribution in [1.82, 2.24) is 9.38 Å². The molecular weight excluding hydrogens is 416 g/mol. The maximum absolute atomic E-state index is 4.66. The quantitative estimate of drug-likeness (QED) is 0.372. The summed E-state index contributed by atoms with van der Waals surface area (Å²) in [6.45, 7) is 0. The van der Waals surface area contributed by atoms with Crippen molar-refractivity contribution in [1.29, 1.82) is 0 Å². The Bertz CT molecular complexity index is 935. The number of hydrogen-bond donors (Lipinski definition) is 0. The summed E-state index contributed by atoms with van der Waals surface area (Å²) in [6.07, 6.45) is 4.07. The highest BCUT2D eigenvalue weighted by molar-refractivity contribution is 9.11. The average Bonchev–Trinajstić information content (AvgIpc) is 2.98. The molecule has 0 saturated heterocycles. The molecule has 0 N–H and O–H groups in total. The first-order chi connectivity index (χ1) is 11.2. The lowest BCUT2D eigenvalue weighted by Crippen LogP contribution is -1.81. The Morgan fingerprint density at radius 2 is 1.43 bits per heavy atom. The van der Waals surface area contributed by atoms with E-state index in [1.165, 1.54) is 11.1 Å². The summed E-state index contributed by atoms with van der Waals surface area (Å²) in [6, 6.07) is 20.8. The molecule has 23 heavy (non-hydrogen) atoms. The molecule has 0 saturated carbocycles. The van der Waals surface area contributed by atoms with Crippen molar-refractivity contribution in [3.8, 4) is 22.4 Å². The van der Waals surface area contributed by atoms with Gasteiger partial charge in [-0.15, -0.1) is 0 Å². The van der Waals surface area contributed by atoms with E-state index in [4.69, 9.17) is 0 Å². The molecule has 0 bridgehead atoms. The van der Waals surface area contributed by atoms with Crippen molar-refractivity contribution in [2.24, 2.45) is 0 Å². The van der Waals surface area contributed by atoms with E-state index >= 15 is 0 Å². The average molecular weight is 428 g/mol. The highest BCUT2D eigenvalue weighted by Crippen LogP contribution is 2.29. The summed E-state index contributed by atoms with van der Waals surface area (Å²) in [5.41, 5.74) is 5.42. The second kappa shape index (κ2) is 5.95. The SMILES string of the molecule is Brc1cc(Br)cc(-c2ccc(-c3cn4ccccc4n3)cc2)c1. The van der Waals surface area contributed by atoms with Gasteiger partial charge in [-0.3, -0.25) is 0 Å². The summed E-state index contributed by atoms with van der Waals surface area (Å²) in [7, 11) is 0. The molecule has 4 rings (SSSR count). The number of fused-ring (bicyclic) bond motifs is 1. The fourth-order valence-corrected chi connectivity index (χ4v) is 3.92. The second-order valence-electron chi connectivity index (χ2n) is 5.33. The Balaban J connectivity index is 1.72. The van der Waals surface area contributed by atoms with E-state index in [1.807, 2.05) is 34.9 Å². The predicted octanol–water partition coefficient (Wildman–Crippen LogP) is 6.19. The number of imidazole rings is 1. The molecule has 0 fully saturated rings. The van der Waals surface area contributed by atoms with Gasteiger partial charge in [-0.25, -0.2) is 4.98 Å². The topological polar surface area (TPSA) is 17.3 Å². The van der Waals surface area contributed by atoms with Crippen molar-refractivity contribution >= 4 is 37.5 Å². The van der Waals surface area contributed by atoms with Gasteiger partial charge < -0.3 is 4.40 Å². The number of aromatic nitrogens is 2. The van der Waals surface area contributed by atoms with E-state index in [-0.39, 0.29) is 0 Å². The van der Waals surface area contributed by atoms with Crippen LogP contribution < -0.4 is 0 Å². The van der Waals surface area contributed by atoms with Crippen molar-refractivity contribution in [3.63, 3.8) is 0 Å². The van der Waals surface area contributed by atoms with Gasteiger partial charge in [0.15, 0.2) is 0 Å². The zero-order valence-corrected chi connectivity index (χ0v) is 15.3. The normalized spacial score (nSPS) is 11.0. The van der Waals surface area contributed by atoms with E-state index in [2.05, 4.69) is 79.4 Å². The number of hydrogen-bond acceptors (Lipinski definition) is 1. The van der Waals surface area contributed by atoms with Gasteiger partial charge in [0.2, 0.25) is 0 Å². The van der Waals surface area contributed by atoms with Crippen molar-refractivity contribution in [3.05, 3.63) is 82.0 Å². The molecule has 0 amide bonds. The maximum atomic E-state index is 4.66. The highest BCUT2D eigenvalue weighted by atomic mass is 79.9.